The minimum Gasteiger partial charge on any atom is -0.480 e. The van der Waals surface area contributed by atoms with Gasteiger partial charge in [0.15, 0.2) is 0 Å². The lowest BCUT2D eigenvalue weighted by molar-refractivity contribution is -0.139. The summed E-state index contributed by atoms with van der Waals surface area (Å²) < 4.78 is 5.06. The van der Waals surface area contributed by atoms with E-state index >= 15 is 0 Å². The molecule has 0 amide bonds. The molecule has 4 nitrogen and oxygen atoms in total. The lowest BCUT2D eigenvalue weighted by Gasteiger charge is -2.01. The summed E-state index contributed by atoms with van der Waals surface area (Å²) >= 11 is 0. The van der Waals surface area contributed by atoms with Crippen LogP contribution in [0.4, 0.5) is 0 Å². The fraction of sp³-hybridized carbons (Fsp3) is 0.375. The van der Waals surface area contributed by atoms with Crippen LogP contribution in [0.5, 0.6) is 0 Å². The molecule has 1 aromatic heterocycles. The average Bonchev–Trinajstić information content (AvgIpc) is 2.49. The molecule has 0 radical (unpaired) electrons. The van der Waals surface area contributed by atoms with Crippen molar-refractivity contribution in [3.8, 4) is 0 Å². The fourth-order valence-electron chi connectivity index (χ4n) is 1.36. The van der Waals surface area contributed by atoms with E-state index in [1.807, 2.05) is 0 Å². The Morgan fingerprint density at radius 2 is 2.58 bits per heavy atom. The molecule has 2 rings (SSSR count). The number of rotatable bonds is 2. The highest BCUT2D eigenvalue weighted by molar-refractivity contribution is 5.84. The van der Waals surface area contributed by atoms with Crippen LogP contribution in [0.1, 0.15) is 18.1 Å². The third-order valence-electron chi connectivity index (χ3n) is 2.29. The predicted molar refractivity (Wildman–Crippen MR) is 40.6 cm³/mol. The second kappa shape index (κ2) is 2.10. The first-order valence-corrected chi connectivity index (χ1v) is 3.70. The van der Waals surface area contributed by atoms with Gasteiger partial charge in [0.2, 0.25) is 0 Å². The topological polar surface area (TPSA) is 76.5 Å². The van der Waals surface area contributed by atoms with E-state index in [0.717, 1.165) is 0 Å². The molecule has 1 aliphatic carbocycles. The number of hydrogen-bond donors (Lipinski definition) is 2. The van der Waals surface area contributed by atoms with Crippen LogP contribution >= 0.6 is 0 Å². The van der Waals surface area contributed by atoms with Gasteiger partial charge in [0, 0.05) is 5.92 Å². The summed E-state index contributed by atoms with van der Waals surface area (Å²) in [5.41, 5.74) is 4.48. The van der Waals surface area contributed by atoms with Crippen molar-refractivity contribution in [1.29, 1.82) is 0 Å². The van der Waals surface area contributed by atoms with E-state index in [0.29, 0.717) is 12.2 Å². The molecule has 2 atom stereocenters. The smallest absolute Gasteiger partial charge is 0.324 e. The predicted octanol–water partition coefficient (Wildman–Crippen LogP) is 0.549. The first kappa shape index (κ1) is 7.36. The van der Waals surface area contributed by atoms with Gasteiger partial charge in [-0.25, -0.2) is 0 Å². The van der Waals surface area contributed by atoms with Crippen LogP contribution in [0.3, 0.4) is 0 Å². The summed E-state index contributed by atoms with van der Waals surface area (Å²) in [5.74, 6) is -0.436. The van der Waals surface area contributed by atoms with Gasteiger partial charge in [-0.1, -0.05) is 0 Å². The molecule has 0 spiro atoms. The van der Waals surface area contributed by atoms with Crippen LogP contribution in [0.15, 0.2) is 22.8 Å². The van der Waals surface area contributed by atoms with Crippen LogP contribution in [0, 0.1) is 0 Å². The molecule has 0 aromatic carbocycles. The van der Waals surface area contributed by atoms with Crippen molar-refractivity contribution >= 4 is 5.97 Å². The highest BCUT2D eigenvalue weighted by Crippen LogP contribution is 2.49. The summed E-state index contributed by atoms with van der Waals surface area (Å²) in [4.78, 5) is 10.6. The van der Waals surface area contributed by atoms with Gasteiger partial charge in [0.1, 0.15) is 11.3 Å². The minimum absolute atomic E-state index is 0.148. The van der Waals surface area contributed by atoms with Gasteiger partial charge in [-0.15, -0.1) is 0 Å². The number of carbonyl (C=O) groups is 1. The second-order valence-corrected chi connectivity index (χ2v) is 3.12. The Morgan fingerprint density at radius 1 is 1.83 bits per heavy atom. The van der Waals surface area contributed by atoms with Crippen molar-refractivity contribution in [2.24, 2.45) is 5.73 Å². The molecular weight excluding hydrogens is 158 g/mol. The van der Waals surface area contributed by atoms with Gasteiger partial charge in [-0.3, -0.25) is 4.79 Å². The molecule has 1 saturated carbocycles. The molecule has 3 N–H and O–H groups in total. The zero-order valence-electron chi connectivity index (χ0n) is 6.36. The van der Waals surface area contributed by atoms with E-state index < -0.39 is 11.5 Å². The van der Waals surface area contributed by atoms with Crippen molar-refractivity contribution in [1.82, 2.24) is 0 Å². The highest BCUT2D eigenvalue weighted by Gasteiger charge is 2.59. The van der Waals surface area contributed by atoms with Gasteiger partial charge in [-0.05, 0) is 18.6 Å². The molecule has 1 aliphatic rings. The summed E-state index contributed by atoms with van der Waals surface area (Å²) in [6.45, 7) is 0. The quantitative estimate of drug-likeness (QED) is 0.674. The average molecular weight is 167 g/mol. The van der Waals surface area contributed by atoms with E-state index in [1.165, 1.54) is 6.26 Å². The SMILES string of the molecule is N[C@]1(C(=O)O)C[C@H]1c1ccco1. The standard InChI is InChI=1S/C8H9NO3/c9-8(7(10)11)4-5(8)6-2-1-3-12-6/h1-3,5H,4,9H2,(H,10,11)/t5-,8+/m0/s1. The zero-order valence-corrected chi connectivity index (χ0v) is 6.36. The van der Waals surface area contributed by atoms with Crippen molar-refractivity contribution in [3.05, 3.63) is 24.2 Å². The minimum atomic E-state index is -1.09. The number of aliphatic carboxylic acids is 1. The third-order valence-corrected chi connectivity index (χ3v) is 2.29. The molecule has 4 heteroatoms. The summed E-state index contributed by atoms with van der Waals surface area (Å²) in [7, 11) is 0. The Morgan fingerprint density at radius 3 is 3.00 bits per heavy atom. The van der Waals surface area contributed by atoms with E-state index in [1.54, 1.807) is 12.1 Å². The fourth-order valence-corrected chi connectivity index (χ4v) is 1.36. The van der Waals surface area contributed by atoms with E-state index in [9.17, 15) is 4.79 Å². The van der Waals surface area contributed by atoms with Gasteiger partial charge in [-0.2, -0.15) is 0 Å². The third kappa shape index (κ3) is 0.848. The van der Waals surface area contributed by atoms with E-state index in [4.69, 9.17) is 15.3 Å². The van der Waals surface area contributed by atoms with Crippen molar-refractivity contribution < 1.29 is 14.3 Å². The van der Waals surface area contributed by atoms with Gasteiger partial charge >= 0.3 is 5.97 Å². The molecular formula is C8H9NO3. The Hall–Kier alpha value is -1.29. The molecule has 0 saturated heterocycles. The summed E-state index contributed by atoms with van der Waals surface area (Å²) in [5, 5.41) is 8.72. The lowest BCUT2D eigenvalue weighted by Crippen LogP contribution is -2.34. The number of nitrogens with two attached hydrogens (primary N) is 1. The maximum atomic E-state index is 10.6. The molecule has 1 aromatic rings. The van der Waals surface area contributed by atoms with Crippen LogP contribution < -0.4 is 5.73 Å². The van der Waals surface area contributed by atoms with Gasteiger partial charge in [0.05, 0.1) is 6.26 Å². The highest BCUT2D eigenvalue weighted by atomic mass is 16.4. The molecule has 0 unspecified atom stereocenters. The van der Waals surface area contributed by atoms with Crippen molar-refractivity contribution in [2.75, 3.05) is 0 Å². The van der Waals surface area contributed by atoms with Crippen LogP contribution in [0.2, 0.25) is 0 Å². The number of carboxylic acids is 1. The van der Waals surface area contributed by atoms with Crippen molar-refractivity contribution in [2.45, 2.75) is 17.9 Å². The number of furan rings is 1. The molecule has 0 aliphatic heterocycles. The van der Waals surface area contributed by atoms with E-state index in [2.05, 4.69) is 0 Å². The van der Waals surface area contributed by atoms with Crippen molar-refractivity contribution in [3.63, 3.8) is 0 Å². The Balaban J connectivity index is 2.19. The maximum Gasteiger partial charge on any atom is 0.324 e. The van der Waals surface area contributed by atoms with Crippen LogP contribution in [0.25, 0.3) is 0 Å². The second-order valence-electron chi connectivity index (χ2n) is 3.12. The largest absolute Gasteiger partial charge is 0.480 e. The summed E-state index contributed by atoms with van der Waals surface area (Å²) in [6, 6.07) is 3.48. The molecule has 1 heterocycles. The molecule has 0 bridgehead atoms. The Kier molecular flexibility index (Phi) is 1.29. The lowest BCUT2D eigenvalue weighted by atomic mass is 10.2. The Labute approximate surface area is 69.0 Å². The van der Waals surface area contributed by atoms with Gasteiger partial charge < -0.3 is 15.3 Å². The molecule has 64 valence electrons. The maximum absolute atomic E-state index is 10.6. The van der Waals surface area contributed by atoms with Gasteiger partial charge in [0.25, 0.3) is 0 Å². The summed E-state index contributed by atoms with van der Waals surface area (Å²) in [6.07, 6.45) is 1.99. The zero-order chi connectivity index (χ0) is 8.77. The molecule has 12 heavy (non-hydrogen) atoms. The number of carboxylic acid groups (broad SMARTS) is 1. The normalized spacial score (nSPS) is 33.2. The van der Waals surface area contributed by atoms with Crippen LogP contribution in [-0.4, -0.2) is 16.6 Å². The number of hydrogen-bond acceptors (Lipinski definition) is 3. The monoisotopic (exact) mass is 167 g/mol. The Bertz CT molecular complexity index is 306. The first-order valence-electron chi connectivity index (χ1n) is 3.70. The van der Waals surface area contributed by atoms with Crippen LogP contribution in [-0.2, 0) is 4.79 Å². The molecule has 1 fully saturated rings. The van der Waals surface area contributed by atoms with E-state index in [-0.39, 0.29) is 5.92 Å². The first-order chi connectivity index (χ1) is 5.64.